The van der Waals surface area contributed by atoms with Gasteiger partial charge in [0, 0.05) is 30.3 Å². The summed E-state index contributed by atoms with van der Waals surface area (Å²) in [6.45, 7) is -0.0656. The molecule has 0 saturated carbocycles. The van der Waals surface area contributed by atoms with Crippen LogP contribution in [0.3, 0.4) is 0 Å². The zero-order valence-corrected chi connectivity index (χ0v) is 19.6. The Hall–Kier alpha value is -4.09. The van der Waals surface area contributed by atoms with E-state index < -0.39 is 48.7 Å². The number of rotatable bonds is 10. The SMILES string of the molecule is O=C(O)CCNC(=O)c1ccc(O[C@H](CCC(F)(F)F)c2ccc(-c3ccc(C(F)(F)F)cn3)cc2)cc1. The highest BCUT2D eigenvalue weighted by Gasteiger charge is 2.31. The highest BCUT2D eigenvalue weighted by atomic mass is 19.4. The Kier molecular flexibility index (Phi) is 8.97. The molecule has 0 fully saturated rings. The van der Waals surface area contributed by atoms with Crippen LogP contribution in [0.15, 0.2) is 66.9 Å². The number of alkyl halides is 6. The fourth-order valence-electron chi connectivity index (χ4n) is 3.42. The molecule has 1 heterocycles. The first-order valence-corrected chi connectivity index (χ1v) is 11.3. The van der Waals surface area contributed by atoms with Crippen LogP contribution in [0.25, 0.3) is 11.3 Å². The second kappa shape index (κ2) is 12.0. The number of halogens is 6. The Morgan fingerprint density at radius 1 is 0.921 bits per heavy atom. The van der Waals surface area contributed by atoms with E-state index in [0.29, 0.717) is 17.3 Å². The fraction of sp³-hybridized carbons (Fsp3) is 0.269. The maximum absolute atomic E-state index is 12.9. The average molecular weight is 540 g/mol. The van der Waals surface area contributed by atoms with Gasteiger partial charge in [-0.25, -0.2) is 0 Å². The lowest BCUT2D eigenvalue weighted by atomic mass is 10.0. The third-order valence-electron chi connectivity index (χ3n) is 5.38. The van der Waals surface area contributed by atoms with Gasteiger partial charge in [0.15, 0.2) is 0 Å². The summed E-state index contributed by atoms with van der Waals surface area (Å²) in [5, 5.41) is 11.1. The van der Waals surface area contributed by atoms with Gasteiger partial charge in [0.25, 0.3) is 5.91 Å². The summed E-state index contributed by atoms with van der Waals surface area (Å²) < 4.78 is 82.9. The van der Waals surface area contributed by atoms with E-state index in [1.807, 2.05) is 0 Å². The minimum absolute atomic E-state index is 0.0656. The van der Waals surface area contributed by atoms with Gasteiger partial charge in [-0.1, -0.05) is 24.3 Å². The summed E-state index contributed by atoms with van der Waals surface area (Å²) in [6, 6.07) is 13.8. The van der Waals surface area contributed by atoms with Crippen LogP contribution in [0.5, 0.6) is 5.75 Å². The molecular formula is C26H22F6N2O4. The molecule has 0 aliphatic rings. The Bertz CT molecular complexity index is 1230. The first-order chi connectivity index (χ1) is 17.8. The van der Waals surface area contributed by atoms with Crippen molar-refractivity contribution in [2.24, 2.45) is 0 Å². The second-order valence-corrected chi connectivity index (χ2v) is 8.24. The van der Waals surface area contributed by atoms with Crippen LogP contribution in [0.4, 0.5) is 26.3 Å². The molecule has 0 unspecified atom stereocenters. The van der Waals surface area contributed by atoms with Gasteiger partial charge in [-0.3, -0.25) is 14.6 Å². The van der Waals surface area contributed by atoms with E-state index in [1.54, 1.807) is 0 Å². The number of pyridine rings is 1. The molecular weight excluding hydrogens is 518 g/mol. The number of amides is 1. The summed E-state index contributed by atoms with van der Waals surface area (Å²) in [7, 11) is 0. The van der Waals surface area contributed by atoms with Crippen molar-refractivity contribution in [3.63, 3.8) is 0 Å². The molecule has 1 atom stereocenters. The molecule has 12 heteroatoms. The number of hydrogen-bond acceptors (Lipinski definition) is 4. The molecule has 38 heavy (non-hydrogen) atoms. The number of aliphatic carboxylic acids is 1. The molecule has 2 N–H and O–H groups in total. The van der Waals surface area contributed by atoms with E-state index in [0.717, 1.165) is 6.07 Å². The van der Waals surface area contributed by atoms with E-state index >= 15 is 0 Å². The number of carbonyl (C=O) groups excluding carboxylic acids is 1. The van der Waals surface area contributed by atoms with Crippen LogP contribution in [-0.4, -0.2) is 34.7 Å². The van der Waals surface area contributed by atoms with E-state index in [9.17, 15) is 35.9 Å². The number of benzene rings is 2. The number of hydrogen-bond donors (Lipinski definition) is 2. The van der Waals surface area contributed by atoms with Crippen LogP contribution in [0.2, 0.25) is 0 Å². The van der Waals surface area contributed by atoms with Gasteiger partial charge in [0.1, 0.15) is 11.9 Å². The Morgan fingerprint density at radius 2 is 1.58 bits per heavy atom. The monoisotopic (exact) mass is 540 g/mol. The van der Waals surface area contributed by atoms with Gasteiger partial charge < -0.3 is 15.2 Å². The van der Waals surface area contributed by atoms with Crippen LogP contribution >= 0.6 is 0 Å². The Morgan fingerprint density at radius 3 is 2.11 bits per heavy atom. The Labute approximate surface area is 213 Å². The predicted octanol–water partition coefficient (Wildman–Crippen LogP) is 6.43. The molecule has 3 rings (SSSR count). The summed E-state index contributed by atoms with van der Waals surface area (Å²) in [4.78, 5) is 26.4. The molecule has 0 aliphatic carbocycles. The number of carboxylic acid groups (broad SMARTS) is 1. The first-order valence-electron chi connectivity index (χ1n) is 11.3. The van der Waals surface area contributed by atoms with Gasteiger partial charge >= 0.3 is 18.3 Å². The minimum atomic E-state index is -4.53. The number of nitrogens with zero attached hydrogens (tertiary/aromatic N) is 1. The molecule has 2 aromatic carbocycles. The van der Waals surface area contributed by atoms with Crippen LogP contribution in [-0.2, 0) is 11.0 Å². The molecule has 3 aromatic rings. The highest BCUT2D eigenvalue weighted by molar-refractivity contribution is 5.94. The van der Waals surface area contributed by atoms with Crippen molar-refractivity contribution >= 4 is 11.9 Å². The molecule has 0 saturated heterocycles. The van der Waals surface area contributed by atoms with E-state index in [2.05, 4.69) is 10.3 Å². The Balaban J connectivity index is 1.74. The average Bonchev–Trinajstić information content (AvgIpc) is 2.86. The van der Waals surface area contributed by atoms with Crippen molar-refractivity contribution in [3.8, 4) is 17.0 Å². The summed E-state index contributed by atoms with van der Waals surface area (Å²) in [6.07, 6.45) is -11.0. The van der Waals surface area contributed by atoms with Gasteiger partial charge in [0.05, 0.1) is 17.7 Å². The topological polar surface area (TPSA) is 88.5 Å². The van der Waals surface area contributed by atoms with Crippen LogP contribution in [0, 0.1) is 0 Å². The number of nitrogens with one attached hydrogen (secondary N) is 1. The van der Waals surface area contributed by atoms with Crippen molar-refractivity contribution in [1.29, 1.82) is 0 Å². The lowest BCUT2D eigenvalue weighted by Crippen LogP contribution is -2.25. The fourth-order valence-corrected chi connectivity index (χ4v) is 3.42. The molecule has 0 aliphatic heterocycles. The number of carbonyl (C=O) groups is 2. The van der Waals surface area contributed by atoms with E-state index in [1.165, 1.54) is 54.6 Å². The molecule has 6 nitrogen and oxygen atoms in total. The van der Waals surface area contributed by atoms with E-state index in [4.69, 9.17) is 9.84 Å². The highest BCUT2D eigenvalue weighted by Crippen LogP contribution is 2.33. The van der Waals surface area contributed by atoms with Gasteiger partial charge in [-0.15, -0.1) is 0 Å². The van der Waals surface area contributed by atoms with Crippen LogP contribution in [0.1, 0.15) is 46.9 Å². The lowest BCUT2D eigenvalue weighted by molar-refractivity contribution is -0.139. The minimum Gasteiger partial charge on any atom is -0.486 e. The van der Waals surface area contributed by atoms with Gasteiger partial charge in [0.2, 0.25) is 0 Å². The summed E-state index contributed by atoms with van der Waals surface area (Å²) in [5.74, 6) is -1.38. The molecule has 202 valence electrons. The third kappa shape index (κ3) is 8.49. The smallest absolute Gasteiger partial charge is 0.417 e. The number of carboxylic acids is 1. The quantitative estimate of drug-likeness (QED) is 0.289. The maximum Gasteiger partial charge on any atom is 0.417 e. The lowest BCUT2D eigenvalue weighted by Gasteiger charge is -2.21. The first kappa shape index (κ1) is 28.5. The van der Waals surface area contributed by atoms with Gasteiger partial charge in [-0.2, -0.15) is 26.3 Å². The zero-order valence-electron chi connectivity index (χ0n) is 19.6. The summed E-state index contributed by atoms with van der Waals surface area (Å²) >= 11 is 0. The van der Waals surface area contributed by atoms with Gasteiger partial charge in [-0.05, 0) is 48.4 Å². The molecule has 1 aromatic heterocycles. The molecule has 0 bridgehead atoms. The normalized spacial score (nSPS) is 12.6. The van der Waals surface area contributed by atoms with Crippen molar-refractivity contribution in [3.05, 3.63) is 83.6 Å². The number of ether oxygens (including phenoxy) is 1. The summed E-state index contributed by atoms with van der Waals surface area (Å²) in [5.41, 5.74) is 0.440. The van der Waals surface area contributed by atoms with Crippen molar-refractivity contribution in [1.82, 2.24) is 10.3 Å². The molecule has 1 amide bonds. The van der Waals surface area contributed by atoms with E-state index in [-0.39, 0.29) is 30.0 Å². The van der Waals surface area contributed by atoms with Crippen molar-refractivity contribution in [2.75, 3.05) is 6.54 Å². The predicted molar refractivity (Wildman–Crippen MR) is 124 cm³/mol. The standard InChI is InChI=1S/C26H22F6N2O4/c27-25(28,29)13-11-22(38-20-8-5-18(6-9-20)24(37)33-14-12-23(35)36)17-3-1-16(2-4-17)21-10-7-19(15-34-21)26(30,31)32/h1-10,15,22H,11-14H2,(H,33,37)(H,35,36)/t22-/m1/s1. The zero-order chi connectivity index (χ0) is 27.9. The largest absolute Gasteiger partial charge is 0.486 e. The number of aromatic nitrogens is 1. The van der Waals surface area contributed by atoms with Crippen molar-refractivity contribution in [2.45, 2.75) is 37.7 Å². The maximum atomic E-state index is 12.9. The third-order valence-corrected chi connectivity index (χ3v) is 5.38. The second-order valence-electron chi connectivity index (χ2n) is 8.24. The van der Waals surface area contributed by atoms with Crippen molar-refractivity contribution < 1.29 is 45.8 Å². The van der Waals surface area contributed by atoms with Crippen LogP contribution < -0.4 is 10.1 Å². The molecule has 0 radical (unpaired) electrons. The molecule has 0 spiro atoms.